The number of aliphatic hydroxyl groups excluding tert-OH is 1. The first kappa shape index (κ1) is 21.0. The molecule has 2 atom stereocenters. The van der Waals surface area contributed by atoms with Gasteiger partial charge in [-0.15, -0.1) is 0 Å². The lowest BCUT2D eigenvalue weighted by Gasteiger charge is -2.36. The van der Waals surface area contributed by atoms with Crippen LogP contribution in [0.5, 0.6) is 0 Å². The number of fused-ring (bicyclic) bond motifs is 1. The van der Waals surface area contributed by atoms with Crippen molar-refractivity contribution in [2.75, 3.05) is 38.3 Å². The maximum Gasteiger partial charge on any atom is 0.339 e. The predicted molar refractivity (Wildman–Crippen MR) is 106 cm³/mol. The molecule has 10 heteroatoms. The molecule has 2 aromatic heterocycles. The normalized spacial score (nSPS) is 19.4. The fourth-order valence-electron chi connectivity index (χ4n) is 3.57. The molecule has 3 rings (SSSR count). The van der Waals surface area contributed by atoms with Crippen LogP contribution in [0.2, 0.25) is 0 Å². The van der Waals surface area contributed by atoms with Gasteiger partial charge in [0, 0.05) is 38.5 Å². The zero-order valence-electron chi connectivity index (χ0n) is 16.9. The summed E-state index contributed by atoms with van der Waals surface area (Å²) in [5.74, 6) is -0.0448. The largest absolute Gasteiger partial charge is 0.465 e. The van der Waals surface area contributed by atoms with Gasteiger partial charge in [0.25, 0.3) is 0 Å². The molecular weight excluding hydrogens is 378 g/mol. The Kier molecular flexibility index (Phi) is 6.65. The van der Waals surface area contributed by atoms with Crippen molar-refractivity contribution in [3.05, 3.63) is 17.8 Å². The first-order valence-electron chi connectivity index (χ1n) is 9.71. The molecular formula is C19H27N5O5. The molecule has 0 spiro atoms. The minimum Gasteiger partial charge on any atom is -0.465 e. The molecule has 1 amide bonds. The maximum absolute atomic E-state index is 12.0. The molecule has 2 aromatic rings. The number of carbonyl (C=O) groups excluding carboxylic acids is 2. The lowest BCUT2D eigenvalue weighted by atomic mass is 10.0. The van der Waals surface area contributed by atoms with Gasteiger partial charge in [0.15, 0.2) is 5.65 Å². The number of ether oxygens (including phenoxy) is 2. The highest BCUT2D eigenvalue weighted by Gasteiger charge is 2.30. The average Bonchev–Trinajstić information content (AvgIpc) is 3.09. The molecule has 0 aliphatic carbocycles. The van der Waals surface area contributed by atoms with Crippen LogP contribution in [0.1, 0.15) is 30.6 Å². The molecule has 10 nitrogen and oxygen atoms in total. The number of aliphatic hydroxyl groups is 1. The zero-order valence-corrected chi connectivity index (χ0v) is 16.9. The minimum absolute atomic E-state index is 0.00318. The Labute approximate surface area is 168 Å². The number of nitrogens with one attached hydrogen (secondary N) is 1. The lowest BCUT2D eigenvalue weighted by molar-refractivity contribution is -0.126. The fraction of sp³-hybridized carbons (Fsp3) is 0.579. The van der Waals surface area contributed by atoms with E-state index in [-0.39, 0.29) is 18.6 Å². The molecule has 1 saturated heterocycles. The molecule has 1 aliphatic heterocycles. The predicted octanol–water partition coefficient (Wildman–Crippen LogP) is 0.330. The van der Waals surface area contributed by atoms with Gasteiger partial charge in [-0.05, 0) is 26.3 Å². The summed E-state index contributed by atoms with van der Waals surface area (Å²) >= 11 is 0. The lowest BCUT2D eigenvalue weighted by Crippen LogP contribution is -2.53. The summed E-state index contributed by atoms with van der Waals surface area (Å²) < 4.78 is 11.8. The molecule has 0 unspecified atom stereocenters. The number of imidazole rings is 1. The number of esters is 1. The number of amides is 1. The summed E-state index contributed by atoms with van der Waals surface area (Å²) in [6.45, 7) is 5.78. The minimum atomic E-state index is -0.607. The number of rotatable bonds is 7. The van der Waals surface area contributed by atoms with Crippen molar-refractivity contribution >= 4 is 29.0 Å². The molecule has 0 bridgehead atoms. The van der Waals surface area contributed by atoms with Crippen molar-refractivity contribution in [3.63, 3.8) is 0 Å². The van der Waals surface area contributed by atoms with Crippen LogP contribution in [-0.2, 0) is 20.8 Å². The van der Waals surface area contributed by atoms with Gasteiger partial charge in [0.05, 0.1) is 18.8 Å². The summed E-state index contributed by atoms with van der Waals surface area (Å²) in [7, 11) is 1.32. The van der Waals surface area contributed by atoms with Crippen LogP contribution in [0, 0.1) is 0 Å². The number of anilines is 1. The van der Waals surface area contributed by atoms with Gasteiger partial charge in [-0.2, -0.15) is 0 Å². The highest BCUT2D eigenvalue weighted by Crippen LogP contribution is 2.25. The smallest absolute Gasteiger partial charge is 0.339 e. The second-order valence-corrected chi connectivity index (χ2v) is 6.91. The maximum atomic E-state index is 12.0. The first-order chi connectivity index (χ1) is 14.0. The fourth-order valence-corrected chi connectivity index (χ4v) is 3.57. The Bertz CT molecular complexity index is 883. The first-order valence-corrected chi connectivity index (χ1v) is 9.71. The van der Waals surface area contributed by atoms with Crippen LogP contribution in [0.3, 0.4) is 0 Å². The van der Waals surface area contributed by atoms with Gasteiger partial charge < -0.3 is 24.8 Å². The number of carbonyl (C=O) groups is 2. The van der Waals surface area contributed by atoms with Crippen LogP contribution in [0.15, 0.2) is 12.3 Å². The number of hydrogen-bond donors (Lipinski definition) is 2. The molecule has 1 fully saturated rings. The number of aryl methyl sites for hydroxylation is 1. The van der Waals surface area contributed by atoms with Crippen molar-refractivity contribution in [2.45, 2.75) is 39.0 Å². The number of piperidine rings is 1. The van der Waals surface area contributed by atoms with Crippen LogP contribution in [-0.4, -0.2) is 77.1 Å². The third kappa shape index (κ3) is 4.65. The standard InChI is InChI=1S/C19H27N5O5/c1-4-24-17-15(6-12(8-20-17)18(27)28-3)22-19(24)23-9-13(7-14(25)10-23)21-16(26)11-29-5-2/h6,8,13-14,25H,4-5,7,9-11H2,1-3H3,(H,21,26)/t13-,14+/m0/s1. The van der Waals surface area contributed by atoms with Crippen LogP contribution in [0.25, 0.3) is 11.2 Å². The quantitative estimate of drug-likeness (QED) is 0.633. The molecule has 0 radical (unpaired) electrons. The van der Waals surface area contributed by atoms with Gasteiger partial charge in [0.1, 0.15) is 12.1 Å². The van der Waals surface area contributed by atoms with Gasteiger partial charge in [-0.3, -0.25) is 9.36 Å². The Morgan fingerprint density at radius 2 is 2.14 bits per heavy atom. The Morgan fingerprint density at radius 3 is 2.83 bits per heavy atom. The third-order valence-corrected chi connectivity index (χ3v) is 4.82. The van der Waals surface area contributed by atoms with E-state index >= 15 is 0 Å². The van der Waals surface area contributed by atoms with Gasteiger partial charge in [0.2, 0.25) is 11.9 Å². The summed E-state index contributed by atoms with van der Waals surface area (Å²) in [5, 5.41) is 13.3. The van der Waals surface area contributed by atoms with E-state index in [2.05, 4.69) is 15.3 Å². The summed E-state index contributed by atoms with van der Waals surface area (Å²) in [6.07, 6.45) is 1.32. The van der Waals surface area contributed by atoms with E-state index in [9.17, 15) is 14.7 Å². The van der Waals surface area contributed by atoms with Crippen molar-refractivity contribution < 1.29 is 24.2 Å². The van der Waals surface area contributed by atoms with Gasteiger partial charge in [-0.1, -0.05) is 0 Å². The number of β-amino-alcohol motifs (C(OH)–C–C–N with tert-alkyl or cyclic N) is 1. The number of aromatic nitrogens is 3. The van der Waals surface area contributed by atoms with Crippen LogP contribution >= 0.6 is 0 Å². The molecule has 2 N–H and O–H groups in total. The van der Waals surface area contributed by atoms with Crippen molar-refractivity contribution in [2.24, 2.45) is 0 Å². The number of hydrogen-bond acceptors (Lipinski definition) is 8. The Morgan fingerprint density at radius 1 is 1.34 bits per heavy atom. The topological polar surface area (TPSA) is 119 Å². The van der Waals surface area contributed by atoms with E-state index in [1.165, 1.54) is 13.3 Å². The van der Waals surface area contributed by atoms with E-state index in [1.807, 2.05) is 23.3 Å². The molecule has 1 aliphatic rings. The number of nitrogens with zero attached hydrogens (tertiary/aromatic N) is 4. The Hall–Kier alpha value is -2.72. The van der Waals surface area contributed by atoms with Crippen molar-refractivity contribution in [3.8, 4) is 0 Å². The van der Waals surface area contributed by atoms with Gasteiger partial charge >= 0.3 is 5.97 Å². The highest BCUT2D eigenvalue weighted by atomic mass is 16.5. The molecule has 3 heterocycles. The summed E-state index contributed by atoms with van der Waals surface area (Å²) in [5.41, 5.74) is 1.54. The summed E-state index contributed by atoms with van der Waals surface area (Å²) in [6, 6.07) is 1.42. The van der Waals surface area contributed by atoms with Crippen LogP contribution in [0.4, 0.5) is 5.95 Å². The summed E-state index contributed by atoms with van der Waals surface area (Å²) in [4.78, 5) is 34.8. The Balaban J connectivity index is 1.85. The second kappa shape index (κ2) is 9.19. The third-order valence-electron chi connectivity index (χ3n) is 4.82. The molecule has 0 aromatic carbocycles. The van der Waals surface area contributed by atoms with E-state index in [0.717, 1.165) is 0 Å². The number of pyridine rings is 1. The van der Waals surface area contributed by atoms with Crippen LogP contribution < -0.4 is 10.2 Å². The van der Waals surface area contributed by atoms with Gasteiger partial charge in [-0.25, -0.2) is 14.8 Å². The second-order valence-electron chi connectivity index (χ2n) is 6.91. The monoisotopic (exact) mass is 405 g/mol. The van der Waals surface area contributed by atoms with E-state index in [1.54, 1.807) is 6.07 Å². The molecule has 29 heavy (non-hydrogen) atoms. The highest BCUT2D eigenvalue weighted by molar-refractivity contribution is 5.92. The van der Waals surface area contributed by atoms with Crippen molar-refractivity contribution in [1.29, 1.82) is 0 Å². The number of methoxy groups -OCH3 is 1. The van der Waals surface area contributed by atoms with E-state index in [4.69, 9.17) is 9.47 Å². The average molecular weight is 405 g/mol. The molecule has 158 valence electrons. The van der Waals surface area contributed by atoms with Crippen molar-refractivity contribution in [1.82, 2.24) is 19.9 Å². The SMILES string of the molecule is CCOCC(=O)N[C@H]1C[C@@H](O)CN(c2nc3cc(C(=O)OC)cnc3n2CC)C1. The molecule has 0 saturated carbocycles. The van der Waals surface area contributed by atoms with E-state index < -0.39 is 12.1 Å². The van der Waals surface area contributed by atoms with E-state index in [0.29, 0.717) is 55.3 Å². The zero-order chi connectivity index (χ0) is 21.0.